The molecule has 340 valence electrons. The third kappa shape index (κ3) is 11.2. The summed E-state index contributed by atoms with van der Waals surface area (Å²) in [5.41, 5.74) is 11.9. The number of carboxylic acids is 1. The second-order valence-corrected chi connectivity index (χ2v) is 16.8. The lowest BCUT2D eigenvalue weighted by Crippen LogP contribution is -2.49. The molecule has 0 amide bonds. The van der Waals surface area contributed by atoms with Crippen LogP contribution in [0.25, 0.3) is 11.1 Å². The van der Waals surface area contributed by atoms with Crippen LogP contribution in [0.1, 0.15) is 55.6 Å². The Balaban J connectivity index is 0.983. The summed E-state index contributed by atoms with van der Waals surface area (Å²) >= 11 is 13.6. The topological polar surface area (TPSA) is 157 Å². The molecule has 0 saturated carbocycles. The maximum absolute atomic E-state index is 12.1. The van der Waals surface area contributed by atoms with E-state index >= 15 is 0 Å². The first-order valence-corrected chi connectivity index (χ1v) is 22.2. The number of aliphatic imine (C=N–C) groups is 2. The van der Waals surface area contributed by atoms with Gasteiger partial charge in [0.05, 0.1) is 42.1 Å². The molecule has 2 N–H and O–H groups in total. The van der Waals surface area contributed by atoms with Gasteiger partial charge in [0.15, 0.2) is 0 Å². The highest BCUT2D eigenvalue weighted by Crippen LogP contribution is 2.38. The fraction of sp³-hybridized carbons (Fsp3) is 0.275. The van der Waals surface area contributed by atoms with Gasteiger partial charge >= 0.3 is 5.97 Å². The lowest BCUT2D eigenvalue weighted by molar-refractivity contribution is -0.150. The molecule has 0 radical (unpaired) electrons. The highest BCUT2D eigenvalue weighted by Gasteiger charge is 2.30. The van der Waals surface area contributed by atoms with E-state index in [9.17, 15) is 15.0 Å². The van der Waals surface area contributed by atoms with Gasteiger partial charge in [-0.1, -0.05) is 59.6 Å². The first-order chi connectivity index (χ1) is 32.1. The molecule has 8 rings (SSSR count). The van der Waals surface area contributed by atoms with Crippen molar-refractivity contribution in [3.63, 3.8) is 0 Å². The van der Waals surface area contributed by atoms with Gasteiger partial charge in [-0.25, -0.2) is 0 Å². The van der Waals surface area contributed by atoms with E-state index in [1.165, 1.54) is 0 Å². The SMILES string of the molecule is C/N=C/c1cncc(COc2cc(OCc3cccc(-c4cccc(COc5cc(OCc6cncc(C7=NC7)c6)c(CN6CCOC[C@@H]6C(=O)O)cc5Cl)c4C)c3C)c(Cl)cc2CO)c1. The van der Waals surface area contributed by atoms with Gasteiger partial charge in [0.2, 0.25) is 0 Å². The number of aliphatic carboxylic acids is 1. The van der Waals surface area contributed by atoms with Crippen molar-refractivity contribution in [3.8, 4) is 34.1 Å². The van der Waals surface area contributed by atoms with Crippen LogP contribution in [0.5, 0.6) is 23.0 Å². The maximum Gasteiger partial charge on any atom is 0.323 e. The Morgan fingerprint density at radius 2 is 1.35 bits per heavy atom. The van der Waals surface area contributed by atoms with Crippen molar-refractivity contribution in [1.82, 2.24) is 14.9 Å². The van der Waals surface area contributed by atoms with Crippen LogP contribution in [-0.2, 0) is 49.1 Å². The number of ether oxygens (including phenoxy) is 5. The summed E-state index contributed by atoms with van der Waals surface area (Å²) in [6.07, 6.45) is 8.71. The Morgan fingerprint density at radius 1 is 0.773 bits per heavy atom. The van der Waals surface area contributed by atoms with E-state index < -0.39 is 12.0 Å². The summed E-state index contributed by atoms with van der Waals surface area (Å²) in [6.45, 7) is 6.75. The number of rotatable bonds is 19. The van der Waals surface area contributed by atoms with Gasteiger partial charge in [0.25, 0.3) is 0 Å². The fourth-order valence-corrected chi connectivity index (χ4v) is 8.29. The summed E-state index contributed by atoms with van der Waals surface area (Å²) in [7, 11) is 1.70. The molecule has 1 saturated heterocycles. The maximum atomic E-state index is 12.1. The van der Waals surface area contributed by atoms with Crippen LogP contribution in [0.2, 0.25) is 10.0 Å². The Labute approximate surface area is 393 Å². The molecular formula is C51H49Cl2N5O8. The third-order valence-electron chi connectivity index (χ3n) is 11.6. The molecule has 2 aliphatic heterocycles. The zero-order chi connectivity index (χ0) is 46.2. The largest absolute Gasteiger partial charge is 0.488 e. The lowest BCUT2D eigenvalue weighted by atomic mass is 9.92. The standard InChI is InChI=1S/C51H49Cl2N5O8/c1-31-36(28-65-49-16-47(63-27-35-13-38(22-56-21-35)45-23-57-45)39(14-43(49)52)24-58-10-11-62-30-46(58)51(60)61)6-4-8-41(31)42-9-5-7-37(32(42)2)29-66-50-17-48(40(25-59)15-44(50)53)64-26-34-12-33(18-54-3)19-55-20-34/h4-9,12-22,46,59H,10-11,23-30H2,1-3H3,(H,60,61)/b54-18+/t46-/m1/s1. The van der Waals surface area contributed by atoms with Gasteiger partial charge in [-0.2, -0.15) is 0 Å². The molecule has 0 unspecified atom stereocenters. The number of benzene rings is 4. The van der Waals surface area contributed by atoms with Crippen molar-refractivity contribution in [3.05, 3.63) is 163 Å². The summed E-state index contributed by atoms with van der Waals surface area (Å²) in [5.74, 6) is 0.884. The Bertz CT molecular complexity index is 2800. The van der Waals surface area contributed by atoms with E-state index in [4.69, 9.17) is 46.9 Å². The highest BCUT2D eigenvalue weighted by atomic mass is 35.5. The molecular weight excluding hydrogens is 881 g/mol. The minimum Gasteiger partial charge on any atom is -0.488 e. The number of carboxylic acid groups (broad SMARTS) is 1. The van der Waals surface area contributed by atoms with E-state index in [1.807, 2.05) is 41.3 Å². The van der Waals surface area contributed by atoms with Crippen LogP contribution < -0.4 is 18.9 Å². The van der Waals surface area contributed by atoms with Crippen LogP contribution in [0.3, 0.4) is 0 Å². The van der Waals surface area contributed by atoms with Gasteiger partial charge < -0.3 is 33.9 Å². The lowest BCUT2D eigenvalue weighted by Gasteiger charge is -2.33. The Kier molecular flexibility index (Phi) is 14.9. The molecule has 13 nitrogen and oxygen atoms in total. The number of pyridine rings is 2. The highest BCUT2D eigenvalue weighted by molar-refractivity contribution is 6.32. The zero-order valence-electron chi connectivity index (χ0n) is 36.8. The van der Waals surface area contributed by atoms with Crippen LogP contribution in [-0.4, -0.2) is 82.4 Å². The van der Waals surface area contributed by atoms with E-state index in [0.717, 1.165) is 66.9 Å². The Hall–Kier alpha value is -6.35. The fourth-order valence-electron chi connectivity index (χ4n) is 7.81. The predicted octanol–water partition coefficient (Wildman–Crippen LogP) is 9.01. The first-order valence-electron chi connectivity index (χ1n) is 21.4. The van der Waals surface area contributed by atoms with E-state index in [1.54, 1.807) is 62.3 Å². The number of hydrogen-bond donors (Lipinski definition) is 2. The van der Waals surface area contributed by atoms with Gasteiger partial charge in [-0.05, 0) is 71.5 Å². The second kappa shape index (κ2) is 21.3. The molecule has 0 bridgehead atoms. The quantitative estimate of drug-likeness (QED) is 0.0748. The number of carbonyl (C=O) groups is 1. The molecule has 0 spiro atoms. The van der Waals surface area contributed by atoms with Crippen LogP contribution in [0.15, 0.2) is 108 Å². The van der Waals surface area contributed by atoms with E-state index in [0.29, 0.717) is 58.3 Å². The van der Waals surface area contributed by atoms with Gasteiger partial charge in [0, 0.05) is 96.7 Å². The van der Waals surface area contributed by atoms with Crippen LogP contribution in [0, 0.1) is 13.8 Å². The number of nitrogens with zero attached hydrogens (tertiary/aromatic N) is 5. The summed E-state index contributed by atoms with van der Waals surface area (Å²) in [6, 6.07) is 22.3. The van der Waals surface area contributed by atoms with E-state index in [2.05, 4.69) is 45.9 Å². The van der Waals surface area contributed by atoms with Crippen LogP contribution >= 0.6 is 23.2 Å². The van der Waals surface area contributed by atoms with Crippen molar-refractivity contribution in [2.45, 2.75) is 59.5 Å². The molecule has 1 fully saturated rings. The van der Waals surface area contributed by atoms with Crippen molar-refractivity contribution in [2.24, 2.45) is 9.98 Å². The molecule has 4 aromatic carbocycles. The molecule has 4 heterocycles. The van der Waals surface area contributed by atoms with Crippen molar-refractivity contribution in [2.75, 3.05) is 33.4 Å². The predicted molar refractivity (Wildman–Crippen MR) is 254 cm³/mol. The molecule has 1 atom stereocenters. The second-order valence-electron chi connectivity index (χ2n) is 16.0. The molecule has 0 aliphatic carbocycles. The third-order valence-corrected chi connectivity index (χ3v) is 12.2. The summed E-state index contributed by atoms with van der Waals surface area (Å²) < 4.78 is 30.8. The minimum atomic E-state index is -0.951. The molecule has 2 aliphatic rings. The number of aliphatic hydroxyl groups is 1. The molecule has 66 heavy (non-hydrogen) atoms. The number of aliphatic hydroxyl groups excluding tert-OH is 1. The number of halogens is 2. The van der Waals surface area contributed by atoms with Gasteiger partial charge in [-0.15, -0.1) is 0 Å². The zero-order valence-corrected chi connectivity index (χ0v) is 38.3. The van der Waals surface area contributed by atoms with Gasteiger partial charge in [-0.3, -0.25) is 29.6 Å². The van der Waals surface area contributed by atoms with Crippen LogP contribution in [0.4, 0.5) is 0 Å². The number of aromatic nitrogens is 2. The number of hydrogen-bond acceptors (Lipinski definition) is 12. The number of morpholine rings is 1. The summed E-state index contributed by atoms with van der Waals surface area (Å²) in [4.78, 5) is 31.0. The smallest absolute Gasteiger partial charge is 0.323 e. The molecule has 6 aromatic rings. The first kappa shape index (κ1) is 46.2. The van der Waals surface area contributed by atoms with Crippen molar-refractivity contribution in [1.29, 1.82) is 0 Å². The Morgan fingerprint density at radius 3 is 1.94 bits per heavy atom. The molecule has 15 heteroatoms. The monoisotopic (exact) mass is 929 g/mol. The summed E-state index contributed by atoms with van der Waals surface area (Å²) in [5, 5.41) is 20.7. The van der Waals surface area contributed by atoms with Crippen molar-refractivity contribution >= 4 is 41.1 Å². The van der Waals surface area contributed by atoms with Gasteiger partial charge in [0.1, 0.15) is 55.5 Å². The average Bonchev–Trinajstić information content (AvgIpc) is 4.18. The molecule has 2 aromatic heterocycles. The van der Waals surface area contributed by atoms with Crippen molar-refractivity contribution < 1.29 is 38.7 Å². The average molecular weight is 931 g/mol. The minimum absolute atomic E-state index is 0.0937. The normalized spacial score (nSPS) is 14.8. The van der Waals surface area contributed by atoms with E-state index in [-0.39, 0.29) is 46.2 Å².